The quantitative estimate of drug-likeness (QED) is 0.592. The van der Waals surface area contributed by atoms with Gasteiger partial charge in [-0.25, -0.2) is 13.1 Å². The van der Waals surface area contributed by atoms with Crippen molar-refractivity contribution in [2.75, 3.05) is 7.05 Å². The number of benzene rings is 1. The molecule has 0 spiro atoms. The Bertz CT molecular complexity index is 1080. The third kappa shape index (κ3) is 5.16. The smallest absolute Gasteiger partial charge is 0.253 e. The van der Waals surface area contributed by atoms with E-state index in [0.717, 1.165) is 22.7 Å². The molecule has 1 amide bonds. The number of hydrogen-bond acceptors (Lipinski definition) is 4. The van der Waals surface area contributed by atoms with Crippen LogP contribution in [-0.2, 0) is 28.9 Å². The lowest BCUT2D eigenvalue weighted by atomic mass is 10.1. The fraction of sp³-hybridized carbons (Fsp3) is 0.286. The van der Waals surface area contributed by atoms with Crippen molar-refractivity contribution in [1.82, 2.24) is 14.6 Å². The lowest BCUT2D eigenvalue weighted by Crippen LogP contribution is -2.23. The SMILES string of the molecule is CNS(=O)(=O)Cc1ccc(CNC(=O)c2cc(C)n(Cc3ccco3)c2C)cc1. The van der Waals surface area contributed by atoms with Crippen LogP contribution in [0.4, 0.5) is 0 Å². The van der Waals surface area contributed by atoms with Gasteiger partial charge in [0.15, 0.2) is 0 Å². The first-order valence-corrected chi connectivity index (χ1v) is 10.9. The molecule has 29 heavy (non-hydrogen) atoms. The summed E-state index contributed by atoms with van der Waals surface area (Å²) >= 11 is 0. The van der Waals surface area contributed by atoms with Crippen LogP contribution < -0.4 is 10.0 Å². The van der Waals surface area contributed by atoms with Crippen LogP contribution in [0.25, 0.3) is 0 Å². The highest BCUT2D eigenvalue weighted by Crippen LogP contribution is 2.18. The van der Waals surface area contributed by atoms with Gasteiger partial charge in [-0.15, -0.1) is 0 Å². The number of hydrogen-bond donors (Lipinski definition) is 2. The molecule has 0 fully saturated rings. The van der Waals surface area contributed by atoms with Gasteiger partial charge in [-0.2, -0.15) is 0 Å². The molecule has 8 heteroatoms. The van der Waals surface area contributed by atoms with Gasteiger partial charge in [-0.05, 0) is 50.2 Å². The molecule has 0 aliphatic rings. The molecule has 0 unspecified atom stereocenters. The van der Waals surface area contributed by atoms with E-state index in [-0.39, 0.29) is 11.7 Å². The van der Waals surface area contributed by atoms with Crippen molar-refractivity contribution in [3.8, 4) is 0 Å². The molecule has 1 aromatic carbocycles. The molecule has 2 heterocycles. The highest BCUT2D eigenvalue weighted by molar-refractivity contribution is 7.88. The zero-order valence-electron chi connectivity index (χ0n) is 16.7. The number of carbonyl (C=O) groups excluding carboxylic acids is 1. The van der Waals surface area contributed by atoms with Gasteiger partial charge in [0.2, 0.25) is 10.0 Å². The number of nitrogens with one attached hydrogen (secondary N) is 2. The highest BCUT2D eigenvalue weighted by atomic mass is 32.2. The fourth-order valence-electron chi connectivity index (χ4n) is 3.16. The molecule has 0 aliphatic carbocycles. The van der Waals surface area contributed by atoms with Crippen LogP contribution in [0.3, 0.4) is 0 Å². The average Bonchev–Trinajstić information content (AvgIpc) is 3.31. The van der Waals surface area contributed by atoms with Crippen molar-refractivity contribution in [3.63, 3.8) is 0 Å². The normalized spacial score (nSPS) is 11.6. The number of nitrogens with zero attached hydrogens (tertiary/aromatic N) is 1. The lowest BCUT2D eigenvalue weighted by molar-refractivity contribution is 0.0950. The summed E-state index contributed by atoms with van der Waals surface area (Å²) in [5, 5.41) is 2.93. The number of rotatable bonds is 8. The number of sulfonamides is 1. The first-order valence-electron chi connectivity index (χ1n) is 9.25. The zero-order chi connectivity index (χ0) is 21.0. The zero-order valence-corrected chi connectivity index (χ0v) is 17.5. The van der Waals surface area contributed by atoms with Crippen molar-refractivity contribution in [2.45, 2.75) is 32.7 Å². The maximum absolute atomic E-state index is 12.7. The second-order valence-corrected chi connectivity index (χ2v) is 8.84. The summed E-state index contributed by atoms with van der Waals surface area (Å²) in [7, 11) is -1.91. The van der Waals surface area contributed by atoms with E-state index in [4.69, 9.17) is 4.42 Å². The Morgan fingerprint density at radius 3 is 2.41 bits per heavy atom. The van der Waals surface area contributed by atoms with Crippen LogP contribution in [0.2, 0.25) is 0 Å². The van der Waals surface area contributed by atoms with E-state index in [1.807, 2.05) is 48.7 Å². The Labute approximate surface area is 170 Å². The molecular weight excluding hydrogens is 390 g/mol. The van der Waals surface area contributed by atoms with Crippen LogP contribution in [0.5, 0.6) is 0 Å². The summed E-state index contributed by atoms with van der Waals surface area (Å²) in [6, 6.07) is 12.8. The van der Waals surface area contributed by atoms with E-state index in [9.17, 15) is 13.2 Å². The van der Waals surface area contributed by atoms with E-state index in [2.05, 4.69) is 10.0 Å². The Morgan fingerprint density at radius 1 is 1.10 bits per heavy atom. The molecule has 0 saturated carbocycles. The molecule has 0 aliphatic heterocycles. The molecule has 0 radical (unpaired) electrons. The van der Waals surface area contributed by atoms with E-state index < -0.39 is 10.0 Å². The van der Waals surface area contributed by atoms with Crippen LogP contribution in [0, 0.1) is 13.8 Å². The van der Waals surface area contributed by atoms with Crippen molar-refractivity contribution < 1.29 is 17.6 Å². The van der Waals surface area contributed by atoms with Crippen LogP contribution in [0.15, 0.2) is 53.1 Å². The van der Waals surface area contributed by atoms with Gasteiger partial charge < -0.3 is 14.3 Å². The summed E-state index contributed by atoms with van der Waals surface area (Å²) in [6.45, 7) is 4.82. The first kappa shape index (κ1) is 20.9. The summed E-state index contributed by atoms with van der Waals surface area (Å²) in [6.07, 6.45) is 1.64. The Balaban J connectivity index is 1.64. The van der Waals surface area contributed by atoms with Gasteiger partial charge in [0, 0.05) is 17.9 Å². The summed E-state index contributed by atoms with van der Waals surface area (Å²) in [5.41, 5.74) is 4.08. The van der Waals surface area contributed by atoms with Gasteiger partial charge in [-0.3, -0.25) is 4.79 Å². The number of aromatic nitrogens is 1. The first-order chi connectivity index (χ1) is 13.8. The van der Waals surface area contributed by atoms with Crippen LogP contribution in [-0.4, -0.2) is 25.9 Å². The second-order valence-electron chi connectivity index (χ2n) is 6.91. The lowest BCUT2D eigenvalue weighted by Gasteiger charge is -2.09. The molecule has 2 aromatic heterocycles. The van der Waals surface area contributed by atoms with Crippen molar-refractivity contribution in [3.05, 3.63) is 82.6 Å². The Morgan fingerprint density at radius 2 is 1.79 bits per heavy atom. The number of carbonyl (C=O) groups is 1. The molecule has 7 nitrogen and oxygen atoms in total. The molecule has 3 aromatic rings. The number of aryl methyl sites for hydroxylation is 1. The van der Waals surface area contributed by atoms with Gasteiger partial charge in [0.25, 0.3) is 5.91 Å². The standard InChI is InChI=1S/C21H25N3O4S/c1-15-11-20(16(2)24(15)13-19-5-4-10-28-19)21(25)23-12-17-6-8-18(9-7-17)14-29(26,27)22-3/h4-11,22H,12-14H2,1-3H3,(H,23,25). The van der Waals surface area contributed by atoms with E-state index in [0.29, 0.717) is 24.2 Å². The molecule has 154 valence electrons. The van der Waals surface area contributed by atoms with Gasteiger partial charge in [0.05, 0.1) is 24.1 Å². The van der Waals surface area contributed by atoms with E-state index in [1.165, 1.54) is 7.05 Å². The summed E-state index contributed by atoms with van der Waals surface area (Å²) in [5.74, 6) is 0.613. The maximum Gasteiger partial charge on any atom is 0.253 e. The Hall–Kier alpha value is -2.84. The van der Waals surface area contributed by atoms with Crippen molar-refractivity contribution in [1.29, 1.82) is 0 Å². The topological polar surface area (TPSA) is 93.3 Å². The monoisotopic (exact) mass is 415 g/mol. The van der Waals surface area contributed by atoms with Crippen molar-refractivity contribution >= 4 is 15.9 Å². The second kappa shape index (κ2) is 8.67. The van der Waals surface area contributed by atoms with Crippen LogP contribution in [0.1, 0.15) is 38.6 Å². The van der Waals surface area contributed by atoms with Crippen LogP contribution >= 0.6 is 0 Å². The van der Waals surface area contributed by atoms with Crippen molar-refractivity contribution in [2.24, 2.45) is 0 Å². The maximum atomic E-state index is 12.7. The average molecular weight is 416 g/mol. The summed E-state index contributed by atoms with van der Waals surface area (Å²) < 4.78 is 33.0. The molecule has 0 bridgehead atoms. The largest absolute Gasteiger partial charge is 0.467 e. The van der Waals surface area contributed by atoms with Gasteiger partial charge >= 0.3 is 0 Å². The predicted octanol–water partition coefficient (Wildman–Crippen LogP) is 2.73. The molecule has 2 N–H and O–H groups in total. The number of amides is 1. The van der Waals surface area contributed by atoms with E-state index in [1.54, 1.807) is 18.4 Å². The fourth-order valence-corrected chi connectivity index (χ4v) is 3.93. The minimum absolute atomic E-state index is 0.0716. The van der Waals surface area contributed by atoms with E-state index >= 15 is 0 Å². The third-order valence-electron chi connectivity index (χ3n) is 4.86. The minimum Gasteiger partial charge on any atom is -0.467 e. The molecule has 0 atom stereocenters. The minimum atomic E-state index is -3.30. The predicted molar refractivity (Wildman–Crippen MR) is 111 cm³/mol. The molecular formula is C21H25N3O4S. The number of furan rings is 1. The van der Waals surface area contributed by atoms with Gasteiger partial charge in [-0.1, -0.05) is 24.3 Å². The molecule has 3 rings (SSSR count). The summed E-state index contributed by atoms with van der Waals surface area (Å²) in [4.78, 5) is 12.7. The van der Waals surface area contributed by atoms with Gasteiger partial charge in [0.1, 0.15) is 5.76 Å². The Kier molecular flexibility index (Phi) is 6.24. The highest BCUT2D eigenvalue weighted by Gasteiger charge is 2.16. The third-order valence-corrected chi connectivity index (χ3v) is 6.19. The molecule has 0 saturated heterocycles.